The minimum Gasteiger partial charge on any atom is -0.486 e. The third kappa shape index (κ3) is 5.09. The van der Waals surface area contributed by atoms with E-state index in [2.05, 4.69) is 15.4 Å². The van der Waals surface area contributed by atoms with E-state index < -0.39 is 17.9 Å². The Balaban J connectivity index is 1.60. The number of methoxy groups -OCH3 is 1. The first-order chi connectivity index (χ1) is 14.0. The quantitative estimate of drug-likeness (QED) is 0.653. The van der Waals surface area contributed by atoms with Crippen molar-refractivity contribution in [1.29, 1.82) is 0 Å². The number of benzene rings is 1. The van der Waals surface area contributed by atoms with E-state index in [4.69, 9.17) is 9.47 Å². The number of rotatable bonds is 6. The normalized spacial score (nSPS) is 19.6. The van der Waals surface area contributed by atoms with Crippen molar-refractivity contribution >= 4 is 23.4 Å². The molecule has 10 heteroatoms. The molecule has 7 nitrogen and oxygen atoms in total. The van der Waals surface area contributed by atoms with E-state index >= 15 is 0 Å². The van der Waals surface area contributed by atoms with E-state index in [0.717, 1.165) is 26.7 Å². The summed E-state index contributed by atoms with van der Waals surface area (Å²) in [4.78, 5) is 23.8. The molecule has 1 unspecified atom stereocenters. The smallest absolute Gasteiger partial charge is 0.427 e. The maximum absolute atomic E-state index is 12.9. The number of fused-ring (bicyclic) bond motifs is 1. The molecule has 166 valence electrons. The number of carbonyl (C=O) groups excluding carboxylic acids is 2. The molecule has 2 atom stereocenters. The molecule has 1 aromatic rings. The molecular formula is C20H25F3N2O5. The van der Waals surface area contributed by atoms with Crippen molar-refractivity contribution in [3.8, 4) is 5.75 Å². The first-order valence-electron chi connectivity index (χ1n) is 9.69. The van der Waals surface area contributed by atoms with Crippen LogP contribution in [-0.4, -0.2) is 43.6 Å². The number of alkyl halides is 3. The molecule has 0 bridgehead atoms. The van der Waals surface area contributed by atoms with Crippen molar-refractivity contribution in [3.05, 3.63) is 18.2 Å². The Morgan fingerprint density at radius 2 is 2.00 bits per heavy atom. The fraction of sp³-hybridized carbons (Fsp3) is 0.600. The molecule has 1 aromatic carbocycles. The maximum Gasteiger partial charge on any atom is 0.427 e. The molecule has 1 aliphatic heterocycles. The molecule has 0 saturated heterocycles. The predicted octanol–water partition coefficient (Wildman–Crippen LogP) is 4.34. The lowest BCUT2D eigenvalue weighted by molar-refractivity contribution is -0.242. The van der Waals surface area contributed by atoms with Crippen molar-refractivity contribution < 1.29 is 37.0 Å². The molecule has 30 heavy (non-hydrogen) atoms. The highest BCUT2D eigenvalue weighted by atomic mass is 19.4. The van der Waals surface area contributed by atoms with Crippen LogP contribution in [0.15, 0.2) is 18.2 Å². The second kappa shape index (κ2) is 8.23. The zero-order chi connectivity index (χ0) is 22.1. The minimum absolute atomic E-state index is 0.198. The van der Waals surface area contributed by atoms with Gasteiger partial charge in [0, 0.05) is 5.69 Å². The van der Waals surface area contributed by atoms with Gasteiger partial charge in [0.05, 0.1) is 25.3 Å². The van der Waals surface area contributed by atoms with E-state index in [0.29, 0.717) is 30.3 Å². The Morgan fingerprint density at radius 1 is 1.30 bits per heavy atom. The van der Waals surface area contributed by atoms with Crippen LogP contribution >= 0.6 is 0 Å². The Kier molecular flexibility index (Phi) is 6.05. The van der Waals surface area contributed by atoms with Gasteiger partial charge in [0.2, 0.25) is 5.60 Å². The molecule has 1 amide bonds. The molecule has 2 aliphatic rings. The summed E-state index contributed by atoms with van der Waals surface area (Å²) in [6.07, 6.45) is -3.58. The van der Waals surface area contributed by atoms with Gasteiger partial charge in [-0.05, 0) is 57.2 Å². The predicted molar refractivity (Wildman–Crippen MR) is 102 cm³/mol. The van der Waals surface area contributed by atoms with Gasteiger partial charge in [-0.2, -0.15) is 13.2 Å². The van der Waals surface area contributed by atoms with Crippen LogP contribution in [0.25, 0.3) is 0 Å². The molecule has 2 N–H and O–H groups in total. The SMILES string of the molecule is COC(=O)C(C[C@H]1CNc2cc(NC(=O)OC(C)(C)C(F)(F)F)ccc2O1)C1CC1. The standard InChI is InChI=1S/C20H25F3N2O5/c1-19(2,20(21,22)23)30-18(27)25-12-6-7-16-15(8-12)24-10-13(29-16)9-14(11-4-5-11)17(26)28-3/h6-8,11,13-14,24H,4-5,9-10H2,1-3H3,(H,25,27)/t13-,14?/m0/s1. The number of esters is 1. The number of carbonyl (C=O) groups is 2. The Morgan fingerprint density at radius 3 is 2.60 bits per heavy atom. The highest BCUT2D eigenvalue weighted by Crippen LogP contribution is 2.41. The van der Waals surface area contributed by atoms with E-state index in [-0.39, 0.29) is 23.7 Å². The largest absolute Gasteiger partial charge is 0.486 e. The average molecular weight is 430 g/mol. The minimum atomic E-state index is -4.69. The van der Waals surface area contributed by atoms with Crippen molar-refractivity contribution in [2.75, 3.05) is 24.3 Å². The fourth-order valence-electron chi connectivity index (χ4n) is 3.27. The number of halogens is 3. The van der Waals surface area contributed by atoms with Crippen LogP contribution in [-0.2, 0) is 14.3 Å². The van der Waals surface area contributed by atoms with Gasteiger partial charge in [-0.1, -0.05) is 0 Å². The molecule has 3 rings (SSSR count). The number of anilines is 2. The molecule has 1 fully saturated rings. The topological polar surface area (TPSA) is 85.9 Å². The summed E-state index contributed by atoms with van der Waals surface area (Å²) in [5, 5.41) is 5.46. The van der Waals surface area contributed by atoms with Gasteiger partial charge in [-0.3, -0.25) is 10.1 Å². The van der Waals surface area contributed by atoms with Crippen molar-refractivity contribution in [3.63, 3.8) is 0 Å². The lowest BCUT2D eigenvalue weighted by Gasteiger charge is -2.30. The summed E-state index contributed by atoms with van der Waals surface area (Å²) in [7, 11) is 1.38. The highest BCUT2D eigenvalue weighted by molar-refractivity contribution is 5.86. The summed E-state index contributed by atoms with van der Waals surface area (Å²) >= 11 is 0. The summed E-state index contributed by atoms with van der Waals surface area (Å²) < 4.78 is 53.9. The lowest BCUT2D eigenvalue weighted by Crippen LogP contribution is -2.44. The zero-order valence-corrected chi connectivity index (χ0v) is 17.0. The molecule has 0 aromatic heterocycles. The van der Waals surface area contributed by atoms with Crippen LogP contribution in [0.5, 0.6) is 5.75 Å². The van der Waals surface area contributed by atoms with E-state index in [1.165, 1.54) is 13.2 Å². The second-order valence-corrected chi connectivity index (χ2v) is 8.06. The number of amides is 1. The van der Waals surface area contributed by atoms with Crippen LogP contribution in [0.2, 0.25) is 0 Å². The van der Waals surface area contributed by atoms with Gasteiger partial charge in [0.15, 0.2) is 0 Å². The third-order valence-electron chi connectivity index (χ3n) is 5.28. The molecule has 1 saturated carbocycles. The zero-order valence-electron chi connectivity index (χ0n) is 17.0. The maximum atomic E-state index is 12.9. The summed E-state index contributed by atoms with van der Waals surface area (Å²) in [5.41, 5.74) is -1.77. The van der Waals surface area contributed by atoms with Gasteiger partial charge >= 0.3 is 18.2 Å². The summed E-state index contributed by atoms with van der Waals surface area (Å²) in [6, 6.07) is 4.65. The summed E-state index contributed by atoms with van der Waals surface area (Å²) in [5.74, 6) is 0.434. The van der Waals surface area contributed by atoms with Crippen molar-refractivity contribution in [2.45, 2.75) is 51.0 Å². The van der Waals surface area contributed by atoms with Crippen LogP contribution in [0.3, 0.4) is 0 Å². The van der Waals surface area contributed by atoms with Gasteiger partial charge in [0.25, 0.3) is 0 Å². The van der Waals surface area contributed by atoms with Crippen LogP contribution in [0, 0.1) is 11.8 Å². The number of nitrogens with one attached hydrogen (secondary N) is 2. The highest BCUT2D eigenvalue weighted by Gasteiger charge is 2.51. The van der Waals surface area contributed by atoms with Crippen LogP contribution in [0.1, 0.15) is 33.1 Å². The first-order valence-corrected chi connectivity index (χ1v) is 9.69. The lowest BCUT2D eigenvalue weighted by atomic mass is 9.95. The van der Waals surface area contributed by atoms with E-state index in [1.54, 1.807) is 12.1 Å². The molecule has 1 heterocycles. The average Bonchev–Trinajstić information content (AvgIpc) is 3.49. The number of ether oxygens (including phenoxy) is 3. The number of hydrogen-bond donors (Lipinski definition) is 2. The van der Waals surface area contributed by atoms with Crippen molar-refractivity contribution in [2.24, 2.45) is 11.8 Å². The van der Waals surface area contributed by atoms with E-state index in [1.807, 2.05) is 0 Å². The van der Waals surface area contributed by atoms with Gasteiger partial charge in [0.1, 0.15) is 11.9 Å². The Labute approximate surface area is 172 Å². The summed E-state index contributed by atoms with van der Waals surface area (Å²) in [6.45, 7) is 2.00. The van der Waals surface area contributed by atoms with Crippen LogP contribution < -0.4 is 15.4 Å². The fourth-order valence-corrected chi connectivity index (χ4v) is 3.27. The Hall–Kier alpha value is -2.65. The van der Waals surface area contributed by atoms with Gasteiger partial charge < -0.3 is 19.5 Å². The van der Waals surface area contributed by atoms with Gasteiger partial charge in [-0.25, -0.2) is 4.79 Å². The number of hydrogen-bond acceptors (Lipinski definition) is 6. The molecule has 0 radical (unpaired) electrons. The van der Waals surface area contributed by atoms with Crippen molar-refractivity contribution in [1.82, 2.24) is 0 Å². The second-order valence-electron chi connectivity index (χ2n) is 8.06. The van der Waals surface area contributed by atoms with Crippen LogP contribution in [0.4, 0.5) is 29.3 Å². The molecule has 1 aliphatic carbocycles. The molecule has 0 spiro atoms. The monoisotopic (exact) mass is 430 g/mol. The first kappa shape index (κ1) is 22.0. The van der Waals surface area contributed by atoms with E-state index in [9.17, 15) is 22.8 Å². The van der Waals surface area contributed by atoms with Gasteiger partial charge in [-0.15, -0.1) is 0 Å². The Bertz CT molecular complexity index is 808. The third-order valence-corrected chi connectivity index (χ3v) is 5.28. The molecular weight excluding hydrogens is 405 g/mol.